The van der Waals surface area contributed by atoms with Crippen molar-refractivity contribution in [2.24, 2.45) is 0 Å². The van der Waals surface area contributed by atoms with Gasteiger partial charge in [0.05, 0.1) is 5.69 Å². The van der Waals surface area contributed by atoms with Gasteiger partial charge in [-0.05, 0) is 41.5 Å². The summed E-state index contributed by atoms with van der Waals surface area (Å²) in [7, 11) is 0. The highest BCUT2D eigenvalue weighted by Gasteiger charge is 2.09. The highest BCUT2D eigenvalue weighted by molar-refractivity contribution is 8.00. The number of hydrogen-bond donors (Lipinski definition) is 0. The summed E-state index contributed by atoms with van der Waals surface area (Å²) in [4.78, 5) is 17.3. The Morgan fingerprint density at radius 2 is 1.68 bits per heavy atom. The van der Waals surface area contributed by atoms with Crippen molar-refractivity contribution in [1.82, 2.24) is 14.6 Å². The largest absolute Gasteiger partial charge is 0.275 e. The minimum Gasteiger partial charge on any atom is -0.267 e. The topological polar surface area (TPSA) is 47.3 Å². The number of halogens is 2. The molecule has 0 spiro atoms. The van der Waals surface area contributed by atoms with Crippen molar-refractivity contribution in [3.05, 3.63) is 93.4 Å². The second kappa shape index (κ2) is 8.04. The first kappa shape index (κ1) is 18.5. The average molecular weight is 413 g/mol. The molecule has 0 aliphatic carbocycles. The van der Waals surface area contributed by atoms with Gasteiger partial charge in [-0.1, -0.05) is 53.4 Å². The Morgan fingerprint density at radius 3 is 2.39 bits per heavy atom. The first-order valence-corrected chi connectivity index (χ1v) is 10.1. The quantitative estimate of drug-likeness (QED) is 0.437. The molecular weight excluding hydrogens is 400 g/mol. The fourth-order valence-electron chi connectivity index (χ4n) is 2.44. The Bertz CT molecular complexity index is 1200. The molecule has 0 N–H and O–H groups in total. The van der Waals surface area contributed by atoms with E-state index in [0.717, 1.165) is 11.1 Å². The maximum absolute atomic E-state index is 13.0. The lowest BCUT2D eigenvalue weighted by Crippen LogP contribution is -2.14. The normalized spacial score (nSPS) is 11.5. The molecule has 0 amide bonds. The molecule has 28 heavy (non-hydrogen) atoms. The molecule has 0 radical (unpaired) electrons. The number of benzene rings is 2. The molecule has 2 aromatic heterocycles. The first-order valence-electron chi connectivity index (χ1n) is 8.29. The van der Waals surface area contributed by atoms with Gasteiger partial charge in [0.2, 0.25) is 4.96 Å². The molecule has 4 nitrogen and oxygen atoms in total. The van der Waals surface area contributed by atoms with E-state index in [1.165, 1.54) is 57.9 Å². The third-order valence-electron chi connectivity index (χ3n) is 3.84. The third-order valence-corrected chi connectivity index (χ3v) is 5.95. The third kappa shape index (κ3) is 4.35. The maximum Gasteiger partial charge on any atom is 0.275 e. The van der Waals surface area contributed by atoms with Crippen molar-refractivity contribution in [1.29, 1.82) is 0 Å². The van der Waals surface area contributed by atoms with E-state index in [1.54, 1.807) is 36.4 Å². The molecule has 0 saturated carbocycles. The molecule has 140 valence electrons. The lowest BCUT2D eigenvalue weighted by atomic mass is 10.2. The van der Waals surface area contributed by atoms with Crippen LogP contribution in [0.2, 0.25) is 0 Å². The van der Waals surface area contributed by atoms with E-state index < -0.39 is 0 Å². The second-order valence-electron chi connectivity index (χ2n) is 5.88. The van der Waals surface area contributed by atoms with E-state index in [9.17, 15) is 13.6 Å². The summed E-state index contributed by atoms with van der Waals surface area (Å²) in [6, 6.07) is 13.7. The van der Waals surface area contributed by atoms with Crippen molar-refractivity contribution < 1.29 is 8.78 Å². The Balaban J connectivity index is 1.54. The van der Waals surface area contributed by atoms with E-state index >= 15 is 0 Å². The standard InChI is InChI=1S/C20H13F2N3OS2/c21-15-6-1-13(2-7-15)5-10-17-11-18(26)25-19(23-17)28-20(24-25)27-12-14-3-8-16(22)9-4-14/h1-11H,12H2. The van der Waals surface area contributed by atoms with Crippen LogP contribution in [0.5, 0.6) is 0 Å². The van der Waals surface area contributed by atoms with Gasteiger partial charge < -0.3 is 0 Å². The Morgan fingerprint density at radius 1 is 1.00 bits per heavy atom. The molecule has 0 fully saturated rings. The lowest BCUT2D eigenvalue weighted by molar-refractivity contribution is 0.627. The zero-order chi connectivity index (χ0) is 19.5. The number of nitrogens with zero attached hydrogens (tertiary/aromatic N) is 3. The zero-order valence-corrected chi connectivity index (χ0v) is 16.0. The van der Waals surface area contributed by atoms with Gasteiger partial charge in [0.25, 0.3) is 5.56 Å². The predicted molar refractivity (Wildman–Crippen MR) is 108 cm³/mol. The van der Waals surface area contributed by atoms with Crippen LogP contribution in [0.4, 0.5) is 8.78 Å². The van der Waals surface area contributed by atoms with Crippen molar-refractivity contribution >= 4 is 40.2 Å². The van der Waals surface area contributed by atoms with Gasteiger partial charge >= 0.3 is 0 Å². The number of fused-ring (bicyclic) bond motifs is 1. The first-order chi connectivity index (χ1) is 13.6. The highest BCUT2D eigenvalue weighted by atomic mass is 32.2. The van der Waals surface area contributed by atoms with Gasteiger partial charge in [-0.15, -0.1) is 5.10 Å². The van der Waals surface area contributed by atoms with Gasteiger partial charge in [-0.2, -0.15) is 4.52 Å². The number of thioether (sulfide) groups is 1. The molecule has 8 heteroatoms. The highest BCUT2D eigenvalue weighted by Crippen LogP contribution is 2.26. The molecule has 2 heterocycles. The summed E-state index contributed by atoms with van der Waals surface area (Å²) in [5.41, 5.74) is 2.01. The van der Waals surface area contributed by atoms with Crippen LogP contribution >= 0.6 is 23.1 Å². The van der Waals surface area contributed by atoms with Crippen LogP contribution in [-0.2, 0) is 5.75 Å². The van der Waals surface area contributed by atoms with Crippen LogP contribution in [0, 0.1) is 11.6 Å². The second-order valence-corrected chi connectivity index (χ2v) is 8.06. The summed E-state index contributed by atoms with van der Waals surface area (Å²) in [6.07, 6.45) is 3.47. The van der Waals surface area contributed by atoms with Gasteiger partial charge in [0.1, 0.15) is 11.6 Å². The van der Waals surface area contributed by atoms with Crippen LogP contribution < -0.4 is 5.56 Å². The van der Waals surface area contributed by atoms with Crippen LogP contribution in [-0.4, -0.2) is 14.6 Å². The predicted octanol–water partition coefficient (Wildman–Crippen LogP) is 4.89. The van der Waals surface area contributed by atoms with Crippen LogP contribution in [0.15, 0.2) is 63.7 Å². The molecule has 0 atom stereocenters. The summed E-state index contributed by atoms with van der Waals surface area (Å²) in [6.45, 7) is 0. The molecule has 0 saturated heterocycles. The Labute approximate surface area is 167 Å². The molecule has 0 aliphatic rings. The van der Waals surface area contributed by atoms with Gasteiger partial charge in [0, 0.05) is 11.8 Å². The molecule has 4 aromatic rings. The summed E-state index contributed by atoms with van der Waals surface area (Å²) in [5, 5.41) is 4.30. The molecule has 0 unspecified atom stereocenters. The van der Waals surface area contributed by atoms with Crippen LogP contribution in [0.3, 0.4) is 0 Å². The van der Waals surface area contributed by atoms with Crippen molar-refractivity contribution in [2.75, 3.05) is 0 Å². The summed E-state index contributed by atoms with van der Waals surface area (Å²) in [5.74, 6) is 0.0441. The minimum atomic E-state index is -0.301. The number of aromatic nitrogens is 3. The molecule has 4 rings (SSSR count). The van der Waals surface area contributed by atoms with Crippen molar-refractivity contribution in [2.45, 2.75) is 10.1 Å². The zero-order valence-electron chi connectivity index (χ0n) is 14.4. The SMILES string of the molecule is O=c1cc(C=Cc2ccc(F)cc2)nc2sc(SCc3ccc(F)cc3)nn12. The summed E-state index contributed by atoms with van der Waals surface area (Å²) >= 11 is 2.78. The van der Waals surface area contributed by atoms with E-state index in [1.807, 2.05) is 0 Å². The summed E-state index contributed by atoms with van der Waals surface area (Å²) < 4.78 is 27.9. The van der Waals surface area contributed by atoms with E-state index in [2.05, 4.69) is 10.1 Å². The average Bonchev–Trinajstić information content (AvgIpc) is 3.11. The van der Waals surface area contributed by atoms with Crippen LogP contribution in [0.1, 0.15) is 16.8 Å². The van der Waals surface area contributed by atoms with Gasteiger partial charge in [0.15, 0.2) is 4.34 Å². The fraction of sp³-hybridized carbons (Fsp3) is 0.0500. The fourth-order valence-corrected chi connectivity index (χ4v) is 4.34. The van der Waals surface area contributed by atoms with Crippen molar-refractivity contribution in [3.8, 4) is 0 Å². The number of hydrogen-bond acceptors (Lipinski definition) is 5. The lowest BCUT2D eigenvalue weighted by Gasteiger charge is -1.97. The Hall–Kier alpha value is -2.84. The number of rotatable bonds is 5. The van der Waals surface area contributed by atoms with Gasteiger partial charge in [-0.3, -0.25) is 4.79 Å². The van der Waals surface area contributed by atoms with Crippen molar-refractivity contribution in [3.63, 3.8) is 0 Å². The van der Waals surface area contributed by atoms with E-state index in [-0.39, 0.29) is 17.2 Å². The van der Waals surface area contributed by atoms with E-state index in [0.29, 0.717) is 20.7 Å². The van der Waals surface area contributed by atoms with E-state index in [4.69, 9.17) is 0 Å². The molecule has 2 aromatic carbocycles. The maximum atomic E-state index is 13.0. The smallest absolute Gasteiger partial charge is 0.267 e. The molecular formula is C20H13F2N3OS2. The Kier molecular flexibility index (Phi) is 5.31. The molecule has 0 aliphatic heterocycles. The monoisotopic (exact) mass is 413 g/mol. The van der Waals surface area contributed by atoms with Gasteiger partial charge in [-0.25, -0.2) is 13.8 Å². The van der Waals surface area contributed by atoms with Crippen LogP contribution in [0.25, 0.3) is 17.1 Å². The molecule has 0 bridgehead atoms. The minimum absolute atomic E-state index is 0.270.